The molecule has 1 aliphatic carbocycles. The molecule has 1 aromatic heterocycles. The van der Waals surface area contributed by atoms with Gasteiger partial charge in [-0.2, -0.15) is 0 Å². The van der Waals surface area contributed by atoms with E-state index in [1.165, 1.54) is 31.5 Å². The van der Waals surface area contributed by atoms with Gasteiger partial charge in [0.25, 0.3) is 0 Å². The summed E-state index contributed by atoms with van der Waals surface area (Å²) >= 11 is 0. The molecule has 3 heteroatoms. The molecular weight excluding hydrogens is 198 g/mol. The standard InChI is InChI=1S/C13H23N3/c1-11(12-5-3-4-6-12)14-8-7-13-15-9-10-16(13)2/h9-12,14H,3-8H2,1-2H3. The van der Waals surface area contributed by atoms with Crippen molar-refractivity contribution in [1.82, 2.24) is 14.9 Å². The van der Waals surface area contributed by atoms with Crippen LogP contribution in [-0.4, -0.2) is 22.1 Å². The molecule has 0 amide bonds. The summed E-state index contributed by atoms with van der Waals surface area (Å²) in [4.78, 5) is 4.33. The fraction of sp³-hybridized carbons (Fsp3) is 0.769. The van der Waals surface area contributed by atoms with Gasteiger partial charge in [0.2, 0.25) is 0 Å². The van der Waals surface area contributed by atoms with E-state index in [1.54, 1.807) is 0 Å². The van der Waals surface area contributed by atoms with Crippen molar-refractivity contribution in [3.05, 3.63) is 18.2 Å². The van der Waals surface area contributed by atoms with Crippen molar-refractivity contribution < 1.29 is 0 Å². The van der Waals surface area contributed by atoms with E-state index in [0.717, 1.165) is 18.9 Å². The second-order valence-electron chi connectivity index (χ2n) is 4.99. The van der Waals surface area contributed by atoms with Crippen LogP contribution in [0.15, 0.2) is 12.4 Å². The molecule has 1 fully saturated rings. The summed E-state index contributed by atoms with van der Waals surface area (Å²) in [5.41, 5.74) is 0. The molecule has 3 nitrogen and oxygen atoms in total. The zero-order chi connectivity index (χ0) is 11.4. The minimum atomic E-state index is 0.669. The van der Waals surface area contributed by atoms with Crippen molar-refractivity contribution in [2.45, 2.75) is 45.1 Å². The number of aryl methyl sites for hydroxylation is 1. The summed E-state index contributed by atoms with van der Waals surface area (Å²) < 4.78 is 2.10. The number of nitrogens with one attached hydrogen (secondary N) is 1. The normalized spacial score (nSPS) is 19.1. The summed E-state index contributed by atoms with van der Waals surface area (Å²) in [5, 5.41) is 3.64. The Hall–Kier alpha value is -0.830. The number of rotatable bonds is 5. The Morgan fingerprint density at radius 2 is 2.25 bits per heavy atom. The van der Waals surface area contributed by atoms with Gasteiger partial charge in [-0.25, -0.2) is 4.98 Å². The van der Waals surface area contributed by atoms with E-state index in [0.29, 0.717) is 6.04 Å². The second-order valence-corrected chi connectivity index (χ2v) is 4.99. The summed E-state index contributed by atoms with van der Waals surface area (Å²) in [7, 11) is 2.06. The molecule has 1 saturated carbocycles. The van der Waals surface area contributed by atoms with Crippen LogP contribution in [0.3, 0.4) is 0 Å². The quantitative estimate of drug-likeness (QED) is 0.825. The van der Waals surface area contributed by atoms with Gasteiger partial charge >= 0.3 is 0 Å². The maximum absolute atomic E-state index is 4.33. The highest BCUT2D eigenvalue weighted by Gasteiger charge is 2.20. The molecule has 0 bridgehead atoms. The Balaban J connectivity index is 1.69. The van der Waals surface area contributed by atoms with Crippen molar-refractivity contribution in [3.8, 4) is 0 Å². The number of aromatic nitrogens is 2. The van der Waals surface area contributed by atoms with E-state index >= 15 is 0 Å². The molecule has 16 heavy (non-hydrogen) atoms. The zero-order valence-corrected chi connectivity index (χ0v) is 10.4. The minimum absolute atomic E-state index is 0.669. The third-order valence-corrected chi connectivity index (χ3v) is 3.84. The molecule has 1 N–H and O–H groups in total. The Morgan fingerprint density at radius 3 is 2.88 bits per heavy atom. The van der Waals surface area contributed by atoms with Gasteiger partial charge in [-0.15, -0.1) is 0 Å². The van der Waals surface area contributed by atoms with E-state index in [9.17, 15) is 0 Å². The van der Waals surface area contributed by atoms with Crippen molar-refractivity contribution in [2.24, 2.45) is 13.0 Å². The van der Waals surface area contributed by atoms with Crippen LogP contribution in [0, 0.1) is 5.92 Å². The van der Waals surface area contributed by atoms with Gasteiger partial charge in [0.1, 0.15) is 5.82 Å². The molecule has 1 atom stereocenters. The molecule has 2 rings (SSSR count). The van der Waals surface area contributed by atoms with Crippen LogP contribution in [0.4, 0.5) is 0 Å². The van der Waals surface area contributed by atoms with Crippen LogP contribution in [-0.2, 0) is 13.5 Å². The molecule has 0 aliphatic heterocycles. The Bertz CT molecular complexity index is 313. The summed E-state index contributed by atoms with van der Waals surface area (Å²) in [5.74, 6) is 2.08. The molecule has 0 saturated heterocycles. The lowest BCUT2D eigenvalue weighted by molar-refractivity contribution is 0.382. The zero-order valence-electron chi connectivity index (χ0n) is 10.4. The van der Waals surface area contributed by atoms with Crippen LogP contribution in [0.5, 0.6) is 0 Å². The van der Waals surface area contributed by atoms with Crippen LogP contribution < -0.4 is 5.32 Å². The van der Waals surface area contributed by atoms with Crippen LogP contribution in [0.1, 0.15) is 38.4 Å². The predicted molar refractivity (Wildman–Crippen MR) is 66.3 cm³/mol. The number of nitrogens with zero attached hydrogens (tertiary/aromatic N) is 2. The third-order valence-electron chi connectivity index (χ3n) is 3.84. The monoisotopic (exact) mass is 221 g/mol. The Morgan fingerprint density at radius 1 is 1.50 bits per heavy atom. The average Bonchev–Trinajstić information content (AvgIpc) is 2.90. The van der Waals surface area contributed by atoms with Crippen molar-refractivity contribution >= 4 is 0 Å². The fourth-order valence-corrected chi connectivity index (χ4v) is 2.67. The average molecular weight is 221 g/mol. The first kappa shape index (κ1) is 11.6. The summed E-state index contributed by atoms with van der Waals surface area (Å²) in [6.45, 7) is 3.37. The molecule has 0 radical (unpaired) electrons. The lowest BCUT2D eigenvalue weighted by Crippen LogP contribution is -2.34. The first-order valence-electron chi connectivity index (χ1n) is 6.47. The molecule has 90 valence electrons. The summed E-state index contributed by atoms with van der Waals surface area (Å²) in [6.07, 6.45) is 10.6. The van der Waals surface area contributed by atoms with Crippen LogP contribution in [0.25, 0.3) is 0 Å². The van der Waals surface area contributed by atoms with E-state index in [-0.39, 0.29) is 0 Å². The van der Waals surface area contributed by atoms with Gasteiger partial charge < -0.3 is 9.88 Å². The second kappa shape index (κ2) is 5.48. The SMILES string of the molecule is CC(NCCc1nccn1C)C1CCCC1. The highest BCUT2D eigenvalue weighted by molar-refractivity contribution is 4.92. The van der Waals surface area contributed by atoms with Gasteiger partial charge in [0.15, 0.2) is 0 Å². The summed E-state index contributed by atoms with van der Waals surface area (Å²) in [6, 6.07) is 0.669. The van der Waals surface area contributed by atoms with Gasteiger partial charge in [-0.3, -0.25) is 0 Å². The number of hydrogen-bond acceptors (Lipinski definition) is 2. The maximum atomic E-state index is 4.33. The first-order valence-corrected chi connectivity index (χ1v) is 6.47. The molecule has 0 aromatic carbocycles. The van der Waals surface area contributed by atoms with Gasteiger partial charge in [0.05, 0.1) is 0 Å². The first-order chi connectivity index (χ1) is 7.77. The smallest absolute Gasteiger partial charge is 0.109 e. The largest absolute Gasteiger partial charge is 0.338 e. The number of imidazole rings is 1. The lowest BCUT2D eigenvalue weighted by Gasteiger charge is -2.20. The van der Waals surface area contributed by atoms with Crippen LogP contribution in [0.2, 0.25) is 0 Å². The van der Waals surface area contributed by atoms with E-state index in [2.05, 4.69) is 28.8 Å². The topological polar surface area (TPSA) is 29.9 Å². The predicted octanol–water partition coefficient (Wildman–Crippen LogP) is 2.13. The van der Waals surface area contributed by atoms with E-state index in [1.807, 2.05) is 12.4 Å². The van der Waals surface area contributed by atoms with Gasteiger partial charge in [-0.1, -0.05) is 12.8 Å². The molecule has 1 aliphatic rings. The Labute approximate surface area is 98.3 Å². The van der Waals surface area contributed by atoms with Crippen molar-refractivity contribution in [3.63, 3.8) is 0 Å². The van der Waals surface area contributed by atoms with Crippen molar-refractivity contribution in [2.75, 3.05) is 6.54 Å². The highest BCUT2D eigenvalue weighted by atomic mass is 15.0. The van der Waals surface area contributed by atoms with Crippen molar-refractivity contribution in [1.29, 1.82) is 0 Å². The fourth-order valence-electron chi connectivity index (χ4n) is 2.67. The molecule has 1 heterocycles. The maximum Gasteiger partial charge on any atom is 0.109 e. The lowest BCUT2D eigenvalue weighted by atomic mass is 10.00. The van der Waals surface area contributed by atoms with E-state index < -0.39 is 0 Å². The Kier molecular flexibility index (Phi) is 3.99. The van der Waals surface area contributed by atoms with E-state index in [4.69, 9.17) is 0 Å². The molecule has 1 aromatic rings. The van der Waals surface area contributed by atoms with Gasteiger partial charge in [-0.05, 0) is 25.7 Å². The molecular formula is C13H23N3. The van der Waals surface area contributed by atoms with Crippen LogP contribution >= 0.6 is 0 Å². The minimum Gasteiger partial charge on any atom is -0.338 e. The van der Waals surface area contributed by atoms with Gasteiger partial charge in [0, 0.05) is 38.4 Å². The number of hydrogen-bond donors (Lipinski definition) is 1. The third kappa shape index (κ3) is 2.85. The highest BCUT2D eigenvalue weighted by Crippen LogP contribution is 2.27. The molecule has 0 spiro atoms. The molecule has 1 unspecified atom stereocenters.